The highest BCUT2D eigenvalue weighted by Gasteiger charge is 2.44. The van der Waals surface area contributed by atoms with Crippen molar-refractivity contribution in [3.8, 4) is 11.3 Å². The molecule has 0 spiro atoms. The van der Waals surface area contributed by atoms with Crippen LogP contribution in [0.4, 0.5) is 17.7 Å². The lowest BCUT2D eigenvalue weighted by atomic mass is 9.99. The Morgan fingerprint density at radius 3 is 2.62 bits per heavy atom. The maximum absolute atomic E-state index is 8.19. The van der Waals surface area contributed by atoms with E-state index in [9.17, 15) is 0 Å². The summed E-state index contributed by atoms with van der Waals surface area (Å²) in [5.41, 5.74) is 8.46. The Labute approximate surface area is 187 Å². The predicted molar refractivity (Wildman–Crippen MR) is 123 cm³/mol. The van der Waals surface area contributed by atoms with Gasteiger partial charge in [0.1, 0.15) is 5.82 Å². The van der Waals surface area contributed by atoms with Crippen LogP contribution < -0.4 is 20.9 Å². The Morgan fingerprint density at radius 1 is 1.16 bits per heavy atom. The SMILES string of the molecule is CNC(=N)N1CC[C@](C)(N2CCc3c(-c4cnc(N)nc4)nc(N4CCOCC4)nc32)C1. The van der Waals surface area contributed by atoms with E-state index in [2.05, 4.69) is 36.9 Å². The van der Waals surface area contributed by atoms with E-state index in [0.717, 1.165) is 68.2 Å². The third-order valence-corrected chi connectivity index (χ3v) is 6.71. The molecular weight excluding hydrogens is 408 g/mol. The van der Waals surface area contributed by atoms with Crippen LogP contribution in [0.2, 0.25) is 0 Å². The van der Waals surface area contributed by atoms with Crippen LogP contribution in [0.5, 0.6) is 0 Å². The van der Waals surface area contributed by atoms with Gasteiger partial charge in [-0.15, -0.1) is 0 Å². The van der Waals surface area contributed by atoms with Crippen molar-refractivity contribution >= 4 is 23.7 Å². The van der Waals surface area contributed by atoms with Crippen molar-refractivity contribution in [2.75, 3.05) is 68.5 Å². The molecule has 0 amide bonds. The number of nitrogens with one attached hydrogen (secondary N) is 2. The number of rotatable bonds is 3. The van der Waals surface area contributed by atoms with Crippen LogP contribution in [0.25, 0.3) is 11.3 Å². The maximum atomic E-state index is 8.19. The quantitative estimate of drug-likeness (QED) is 0.455. The van der Waals surface area contributed by atoms with Crippen molar-refractivity contribution in [2.45, 2.75) is 25.3 Å². The van der Waals surface area contributed by atoms with Gasteiger partial charge in [0.15, 0.2) is 5.96 Å². The molecule has 5 rings (SSSR count). The number of guanidine groups is 1. The van der Waals surface area contributed by atoms with Crippen molar-refractivity contribution in [3.05, 3.63) is 18.0 Å². The number of morpholine rings is 1. The van der Waals surface area contributed by atoms with Crippen molar-refractivity contribution in [2.24, 2.45) is 0 Å². The van der Waals surface area contributed by atoms with Crippen LogP contribution in [0.3, 0.4) is 0 Å². The number of ether oxygens (including phenoxy) is 1. The number of anilines is 3. The van der Waals surface area contributed by atoms with Gasteiger partial charge in [-0.25, -0.2) is 15.0 Å². The monoisotopic (exact) mass is 438 g/mol. The number of aromatic nitrogens is 4. The van der Waals surface area contributed by atoms with Crippen molar-refractivity contribution in [3.63, 3.8) is 0 Å². The van der Waals surface area contributed by atoms with Gasteiger partial charge < -0.3 is 30.5 Å². The molecule has 11 heteroatoms. The van der Waals surface area contributed by atoms with Gasteiger partial charge in [-0.05, 0) is 19.8 Å². The standard InChI is InChI=1S/C21H30N10O/c1-21(4-6-30(13-21)19(23)24-2)31-5-3-15-16(14-11-25-18(22)26-12-14)27-20(28-17(15)31)29-7-9-32-10-8-29/h11-12H,3-10,13H2,1-2H3,(H2,23,24)(H2,22,25,26)/t21-/m0/s1. The van der Waals surface area contributed by atoms with Crippen LogP contribution in [0, 0.1) is 5.41 Å². The zero-order chi connectivity index (χ0) is 22.3. The summed E-state index contributed by atoms with van der Waals surface area (Å²) in [4.78, 5) is 25.1. The Morgan fingerprint density at radius 2 is 1.91 bits per heavy atom. The highest BCUT2D eigenvalue weighted by atomic mass is 16.5. The van der Waals surface area contributed by atoms with E-state index in [1.807, 2.05) is 0 Å². The summed E-state index contributed by atoms with van der Waals surface area (Å²) in [5, 5.41) is 11.2. The van der Waals surface area contributed by atoms with Crippen LogP contribution in [0.1, 0.15) is 18.9 Å². The second-order valence-electron chi connectivity index (χ2n) is 8.77. The largest absolute Gasteiger partial charge is 0.378 e. The lowest BCUT2D eigenvalue weighted by Gasteiger charge is -2.37. The number of fused-ring (bicyclic) bond motifs is 1. The first-order valence-electron chi connectivity index (χ1n) is 11.1. The Hall–Kier alpha value is -3.21. The minimum Gasteiger partial charge on any atom is -0.378 e. The van der Waals surface area contributed by atoms with E-state index < -0.39 is 0 Å². The molecule has 5 heterocycles. The highest BCUT2D eigenvalue weighted by molar-refractivity contribution is 5.77. The Bertz CT molecular complexity index is 1010. The first kappa shape index (κ1) is 20.7. The van der Waals surface area contributed by atoms with Gasteiger partial charge in [-0.2, -0.15) is 4.98 Å². The lowest BCUT2D eigenvalue weighted by molar-refractivity contribution is 0.122. The minimum atomic E-state index is -0.111. The summed E-state index contributed by atoms with van der Waals surface area (Å²) in [5.74, 6) is 2.41. The highest BCUT2D eigenvalue weighted by Crippen LogP contribution is 2.41. The third-order valence-electron chi connectivity index (χ3n) is 6.71. The lowest BCUT2D eigenvalue weighted by Crippen LogP contribution is -2.49. The Balaban J connectivity index is 1.56. The second-order valence-corrected chi connectivity index (χ2v) is 8.77. The molecule has 0 unspecified atom stereocenters. The fourth-order valence-electron chi connectivity index (χ4n) is 4.89. The summed E-state index contributed by atoms with van der Waals surface area (Å²) < 4.78 is 5.53. The van der Waals surface area contributed by atoms with E-state index in [1.165, 1.54) is 0 Å². The summed E-state index contributed by atoms with van der Waals surface area (Å²) >= 11 is 0. The number of nitrogens with two attached hydrogens (primary N) is 1. The molecule has 0 aliphatic carbocycles. The van der Waals surface area contributed by atoms with Gasteiger partial charge >= 0.3 is 0 Å². The molecule has 2 saturated heterocycles. The van der Waals surface area contributed by atoms with Crippen molar-refractivity contribution < 1.29 is 4.74 Å². The zero-order valence-corrected chi connectivity index (χ0v) is 18.6. The van der Waals surface area contributed by atoms with E-state index >= 15 is 0 Å². The molecule has 4 N–H and O–H groups in total. The summed E-state index contributed by atoms with van der Waals surface area (Å²) in [6.07, 6.45) is 5.30. The number of nitrogens with zero attached hydrogens (tertiary/aromatic N) is 7. The molecule has 2 aromatic rings. The topological polar surface area (TPSA) is 132 Å². The van der Waals surface area contributed by atoms with Gasteiger partial charge in [0.2, 0.25) is 11.9 Å². The van der Waals surface area contributed by atoms with Crippen molar-refractivity contribution in [1.29, 1.82) is 5.41 Å². The first-order chi connectivity index (χ1) is 15.5. The van der Waals surface area contributed by atoms with E-state index in [0.29, 0.717) is 25.1 Å². The summed E-state index contributed by atoms with van der Waals surface area (Å²) in [6, 6.07) is 0. The number of hydrogen-bond donors (Lipinski definition) is 3. The number of nitrogen functional groups attached to an aromatic ring is 1. The molecule has 2 fully saturated rings. The smallest absolute Gasteiger partial charge is 0.228 e. The third kappa shape index (κ3) is 3.56. The normalized spacial score (nSPS) is 22.9. The minimum absolute atomic E-state index is 0.111. The van der Waals surface area contributed by atoms with Crippen LogP contribution in [0.15, 0.2) is 12.4 Å². The molecule has 1 atom stereocenters. The van der Waals surface area contributed by atoms with Crippen LogP contribution in [-0.4, -0.2) is 89.3 Å². The molecule has 32 heavy (non-hydrogen) atoms. The van der Waals surface area contributed by atoms with Crippen molar-refractivity contribution in [1.82, 2.24) is 30.2 Å². The first-order valence-corrected chi connectivity index (χ1v) is 11.1. The van der Waals surface area contributed by atoms with E-state index in [4.69, 9.17) is 25.8 Å². The molecule has 0 saturated carbocycles. The maximum Gasteiger partial charge on any atom is 0.228 e. The molecule has 0 aromatic carbocycles. The van der Waals surface area contributed by atoms with Gasteiger partial charge in [0, 0.05) is 63.3 Å². The molecule has 0 radical (unpaired) electrons. The van der Waals surface area contributed by atoms with Gasteiger partial charge in [0.25, 0.3) is 0 Å². The molecule has 3 aliphatic heterocycles. The molecule has 3 aliphatic rings. The van der Waals surface area contributed by atoms with Crippen LogP contribution in [-0.2, 0) is 11.2 Å². The van der Waals surface area contributed by atoms with Gasteiger partial charge in [-0.3, -0.25) is 5.41 Å². The average Bonchev–Trinajstić information content (AvgIpc) is 3.44. The zero-order valence-electron chi connectivity index (χ0n) is 18.6. The number of likely N-dealkylation sites (tertiary alicyclic amines) is 1. The summed E-state index contributed by atoms with van der Waals surface area (Å²) in [6.45, 7) is 7.64. The predicted octanol–water partition coefficient (Wildman–Crippen LogP) is 0.333. The average molecular weight is 439 g/mol. The fraction of sp³-hybridized carbons (Fsp3) is 0.571. The van der Waals surface area contributed by atoms with Gasteiger partial charge in [-0.1, -0.05) is 0 Å². The summed E-state index contributed by atoms with van der Waals surface area (Å²) in [7, 11) is 1.80. The molecule has 11 nitrogen and oxygen atoms in total. The number of hydrogen-bond acceptors (Lipinski definition) is 9. The van der Waals surface area contributed by atoms with E-state index in [-0.39, 0.29) is 11.5 Å². The van der Waals surface area contributed by atoms with E-state index in [1.54, 1.807) is 19.4 Å². The fourth-order valence-corrected chi connectivity index (χ4v) is 4.89. The second kappa shape index (κ2) is 8.05. The Kier molecular flexibility index (Phi) is 5.20. The molecule has 0 bridgehead atoms. The van der Waals surface area contributed by atoms with Gasteiger partial charge in [0.05, 0.1) is 24.4 Å². The molecule has 170 valence electrons. The molecular formula is C21H30N10O. The van der Waals surface area contributed by atoms with Crippen LogP contribution >= 0.6 is 0 Å². The molecule has 2 aromatic heterocycles.